The maximum Gasteiger partial charge on any atom is 0.161 e. The molecule has 0 saturated carbocycles. The topological polar surface area (TPSA) is 49.4 Å². The molecule has 2 aliphatic heterocycles. The van der Waals surface area contributed by atoms with Crippen LogP contribution in [0.25, 0.3) is 0 Å². The Morgan fingerprint density at radius 1 is 0.875 bits per heavy atom. The van der Waals surface area contributed by atoms with Gasteiger partial charge in [-0.15, -0.1) is 0 Å². The summed E-state index contributed by atoms with van der Waals surface area (Å²) in [4.78, 5) is 2.50. The fourth-order valence-corrected chi connectivity index (χ4v) is 5.03. The molecule has 0 radical (unpaired) electrons. The van der Waals surface area contributed by atoms with E-state index in [1.807, 2.05) is 0 Å². The lowest BCUT2D eigenvalue weighted by Crippen LogP contribution is -2.45. The molecule has 0 aromatic heterocycles. The zero-order valence-electron chi connectivity index (χ0n) is 20.3. The molecular formula is C26H35NO5. The van der Waals surface area contributed by atoms with Crippen molar-refractivity contribution in [1.29, 1.82) is 0 Å². The quantitative estimate of drug-likeness (QED) is 0.657. The second kappa shape index (κ2) is 8.83. The normalized spacial score (nSPS) is 20.7. The second-order valence-corrected chi connectivity index (χ2v) is 9.35. The van der Waals surface area contributed by atoms with Crippen LogP contribution in [0.5, 0.6) is 23.0 Å². The maximum atomic E-state index is 6.49. The monoisotopic (exact) mass is 441 g/mol. The van der Waals surface area contributed by atoms with Crippen LogP contribution in [0.15, 0.2) is 24.3 Å². The van der Waals surface area contributed by atoms with E-state index in [2.05, 4.69) is 49.9 Å². The van der Waals surface area contributed by atoms with Gasteiger partial charge in [0, 0.05) is 24.5 Å². The number of methoxy groups -OCH3 is 4. The average Bonchev–Trinajstić information content (AvgIpc) is 2.81. The molecule has 6 nitrogen and oxygen atoms in total. The molecule has 2 atom stereocenters. The van der Waals surface area contributed by atoms with E-state index in [4.69, 9.17) is 23.7 Å². The van der Waals surface area contributed by atoms with Crippen molar-refractivity contribution in [1.82, 2.24) is 4.90 Å². The second-order valence-electron chi connectivity index (χ2n) is 9.35. The average molecular weight is 442 g/mol. The predicted octanol–water partition coefficient (Wildman–Crippen LogP) is 4.52. The van der Waals surface area contributed by atoms with Crippen LogP contribution < -0.4 is 18.9 Å². The van der Waals surface area contributed by atoms with Gasteiger partial charge in [-0.3, -0.25) is 4.90 Å². The van der Waals surface area contributed by atoms with Gasteiger partial charge in [0.05, 0.1) is 41.2 Å². The van der Waals surface area contributed by atoms with E-state index < -0.39 is 0 Å². The number of hydrogen-bond donors (Lipinski definition) is 0. The van der Waals surface area contributed by atoms with Gasteiger partial charge in [-0.05, 0) is 59.9 Å². The molecule has 0 spiro atoms. The summed E-state index contributed by atoms with van der Waals surface area (Å²) >= 11 is 0. The van der Waals surface area contributed by atoms with Crippen LogP contribution in [0.2, 0.25) is 0 Å². The molecule has 0 bridgehead atoms. The lowest BCUT2D eigenvalue weighted by atomic mass is 9.77. The summed E-state index contributed by atoms with van der Waals surface area (Å²) in [5.41, 5.74) is 4.96. The Hall–Kier alpha value is -2.44. The fourth-order valence-electron chi connectivity index (χ4n) is 5.03. The zero-order chi connectivity index (χ0) is 23.0. The van der Waals surface area contributed by atoms with Gasteiger partial charge in [-0.2, -0.15) is 0 Å². The van der Waals surface area contributed by atoms with Crippen molar-refractivity contribution in [3.63, 3.8) is 0 Å². The molecule has 2 aliphatic rings. The zero-order valence-corrected chi connectivity index (χ0v) is 20.3. The molecule has 0 aliphatic carbocycles. The number of ether oxygens (including phenoxy) is 5. The Balaban J connectivity index is 1.65. The minimum Gasteiger partial charge on any atom is -0.493 e. The maximum absolute atomic E-state index is 6.49. The van der Waals surface area contributed by atoms with Crippen molar-refractivity contribution >= 4 is 0 Å². The molecule has 0 fully saturated rings. The predicted molar refractivity (Wildman–Crippen MR) is 124 cm³/mol. The van der Waals surface area contributed by atoms with Crippen molar-refractivity contribution in [2.45, 2.75) is 51.3 Å². The van der Waals surface area contributed by atoms with Crippen molar-refractivity contribution in [2.24, 2.45) is 0 Å². The lowest BCUT2D eigenvalue weighted by molar-refractivity contribution is -0.0452. The summed E-state index contributed by atoms with van der Waals surface area (Å²) in [5.74, 6) is 3.07. The van der Waals surface area contributed by atoms with Gasteiger partial charge < -0.3 is 23.7 Å². The molecule has 0 N–H and O–H groups in total. The van der Waals surface area contributed by atoms with Crippen molar-refractivity contribution in [3.05, 3.63) is 46.5 Å². The summed E-state index contributed by atoms with van der Waals surface area (Å²) in [7, 11) is 6.74. The van der Waals surface area contributed by atoms with Gasteiger partial charge in [-0.1, -0.05) is 13.8 Å². The van der Waals surface area contributed by atoms with Crippen LogP contribution in [0.1, 0.15) is 49.1 Å². The molecule has 4 rings (SSSR count). The van der Waals surface area contributed by atoms with E-state index in [9.17, 15) is 0 Å². The molecule has 2 unspecified atom stereocenters. The molecule has 2 aromatic rings. The largest absolute Gasteiger partial charge is 0.493 e. The third-order valence-electron chi connectivity index (χ3n) is 6.98. The number of nitrogens with zero attached hydrogens (tertiary/aromatic N) is 1. The van der Waals surface area contributed by atoms with Gasteiger partial charge in [0.1, 0.15) is 0 Å². The highest BCUT2D eigenvalue weighted by Crippen LogP contribution is 2.45. The SMILES string of the molecule is COc1cc2c(cc1OC)CN(C(C)C1OCC(C)(C)c3cc(OC)c(OC)cc31)CC2. The minimum absolute atomic E-state index is 0.0421. The highest BCUT2D eigenvalue weighted by atomic mass is 16.5. The summed E-state index contributed by atoms with van der Waals surface area (Å²) in [6.07, 6.45) is 0.927. The highest BCUT2D eigenvalue weighted by molar-refractivity contribution is 5.52. The van der Waals surface area contributed by atoms with Gasteiger partial charge in [0.25, 0.3) is 0 Å². The number of hydrogen-bond acceptors (Lipinski definition) is 6. The highest BCUT2D eigenvalue weighted by Gasteiger charge is 2.39. The molecule has 2 heterocycles. The molecule has 174 valence electrons. The third-order valence-corrected chi connectivity index (χ3v) is 6.98. The first-order valence-electron chi connectivity index (χ1n) is 11.2. The smallest absolute Gasteiger partial charge is 0.161 e. The van der Waals surface area contributed by atoms with Crippen LogP contribution >= 0.6 is 0 Å². The summed E-state index contributed by atoms with van der Waals surface area (Å²) < 4.78 is 28.7. The van der Waals surface area contributed by atoms with Crippen LogP contribution in [0.3, 0.4) is 0 Å². The van der Waals surface area contributed by atoms with Crippen molar-refractivity contribution < 1.29 is 23.7 Å². The Kier molecular flexibility index (Phi) is 6.28. The molecular weight excluding hydrogens is 406 g/mol. The molecule has 2 aromatic carbocycles. The van der Waals surface area contributed by atoms with E-state index in [-0.39, 0.29) is 17.6 Å². The summed E-state index contributed by atoms with van der Waals surface area (Å²) in [5, 5.41) is 0. The number of rotatable bonds is 6. The van der Waals surface area contributed by atoms with Crippen molar-refractivity contribution in [2.75, 3.05) is 41.6 Å². The summed E-state index contributed by atoms with van der Waals surface area (Å²) in [6.45, 7) is 9.18. The molecule has 0 saturated heterocycles. The number of fused-ring (bicyclic) bond motifs is 2. The number of benzene rings is 2. The fraction of sp³-hybridized carbons (Fsp3) is 0.538. The van der Waals surface area contributed by atoms with Crippen molar-refractivity contribution in [3.8, 4) is 23.0 Å². The van der Waals surface area contributed by atoms with Crippen LogP contribution in [-0.4, -0.2) is 52.5 Å². The van der Waals surface area contributed by atoms with Gasteiger partial charge in [-0.25, -0.2) is 0 Å². The Bertz CT molecular complexity index is 987. The third kappa shape index (κ3) is 3.90. The van der Waals surface area contributed by atoms with E-state index in [0.29, 0.717) is 6.61 Å². The van der Waals surface area contributed by atoms with E-state index in [1.54, 1.807) is 28.4 Å². The van der Waals surface area contributed by atoms with E-state index >= 15 is 0 Å². The first-order valence-corrected chi connectivity index (χ1v) is 11.2. The Morgan fingerprint density at radius 2 is 1.44 bits per heavy atom. The van der Waals surface area contributed by atoms with Gasteiger partial charge in [0.2, 0.25) is 0 Å². The van der Waals surface area contributed by atoms with Crippen LogP contribution in [0.4, 0.5) is 0 Å². The van der Waals surface area contributed by atoms with Crippen LogP contribution in [0, 0.1) is 0 Å². The first-order chi connectivity index (χ1) is 15.3. The van der Waals surface area contributed by atoms with E-state index in [1.165, 1.54) is 22.3 Å². The molecule has 32 heavy (non-hydrogen) atoms. The van der Waals surface area contributed by atoms with Gasteiger partial charge >= 0.3 is 0 Å². The molecule has 0 amide bonds. The molecule has 6 heteroatoms. The first kappa shape index (κ1) is 22.7. The van der Waals surface area contributed by atoms with Crippen LogP contribution in [-0.2, 0) is 23.1 Å². The Morgan fingerprint density at radius 3 is 2.06 bits per heavy atom. The lowest BCUT2D eigenvalue weighted by Gasteiger charge is -2.44. The Labute approximate surface area is 191 Å². The van der Waals surface area contributed by atoms with Gasteiger partial charge in [0.15, 0.2) is 23.0 Å². The minimum atomic E-state index is -0.0937. The standard InChI is InChI=1S/C26H35NO5/c1-16(27-9-8-17-10-21(28-4)22(29-5)11-18(17)14-27)25-19-12-23(30-6)24(31-7)13-20(19)26(2,3)15-32-25/h10-13,16,25H,8-9,14-15H2,1-7H3. The van der Waals surface area contributed by atoms with E-state index in [0.717, 1.165) is 42.5 Å². The summed E-state index contributed by atoms with van der Waals surface area (Å²) in [6, 6.07) is 8.65.